The molecule has 1 unspecified atom stereocenters. The monoisotopic (exact) mass is 394 g/mol. The zero-order valence-corrected chi connectivity index (χ0v) is 16.4. The fraction of sp³-hybridized carbons (Fsp3) is 0.450. The molecule has 0 saturated carbocycles. The van der Waals surface area contributed by atoms with E-state index in [1.165, 1.54) is 0 Å². The Morgan fingerprint density at radius 2 is 1.81 bits per heavy atom. The summed E-state index contributed by atoms with van der Waals surface area (Å²) in [6.07, 6.45) is -0.838. The van der Waals surface area contributed by atoms with E-state index < -0.39 is 6.10 Å². The van der Waals surface area contributed by atoms with Gasteiger partial charge in [0, 0.05) is 38.1 Å². The fourth-order valence-corrected chi connectivity index (χ4v) is 3.19. The highest BCUT2D eigenvalue weighted by atomic mass is 35.5. The molecule has 0 aromatic heterocycles. The highest BCUT2D eigenvalue weighted by Gasteiger charge is 2.23. The molecule has 1 N–H and O–H groups in total. The zero-order chi connectivity index (χ0) is 18.4. The number of piperazine rings is 1. The number of hydrogen-bond donors (Lipinski definition) is 1. The number of aliphatic hydroxyl groups excluding tert-OH is 1. The van der Waals surface area contributed by atoms with Gasteiger partial charge in [0.15, 0.2) is 0 Å². The second kappa shape index (κ2) is 10.3. The van der Waals surface area contributed by atoms with Gasteiger partial charge in [-0.3, -0.25) is 4.90 Å². The number of halogens is 1. The molecule has 3 rings (SSSR count). The van der Waals surface area contributed by atoms with Crippen LogP contribution in [0.25, 0.3) is 10.8 Å². The number of fused-ring (bicyclic) bond motifs is 1. The van der Waals surface area contributed by atoms with E-state index in [-0.39, 0.29) is 25.1 Å². The van der Waals surface area contributed by atoms with Gasteiger partial charge in [0.05, 0.1) is 6.61 Å². The van der Waals surface area contributed by atoms with Gasteiger partial charge in [0.25, 0.3) is 0 Å². The molecule has 0 bridgehead atoms. The SMILES string of the molecule is CCOC(=O)N1CCN(CC(O)COc2cccc3ccccc23)CC1.Cl. The van der Waals surface area contributed by atoms with Crippen LogP contribution in [-0.4, -0.2) is 73.0 Å². The lowest BCUT2D eigenvalue weighted by molar-refractivity contribution is 0.0410. The quantitative estimate of drug-likeness (QED) is 0.816. The molecule has 0 spiro atoms. The Morgan fingerprint density at radius 1 is 1.11 bits per heavy atom. The molecule has 1 fully saturated rings. The number of carbonyl (C=O) groups is 1. The molecular weight excluding hydrogens is 368 g/mol. The molecule has 7 heteroatoms. The minimum absolute atomic E-state index is 0. The number of hydrogen-bond acceptors (Lipinski definition) is 5. The molecule has 27 heavy (non-hydrogen) atoms. The number of benzene rings is 2. The number of β-amino-alcohol motifs (C(OH)–C–C–N with tert-alkyl or cyclic N) is 1. The van der Waals surface area contributed by atoms with E-state index in [9.17, 15) is 9.90 Å². The molecule has 1 atom stereocenters. The normalized spacial score (nSPS) is 15.9. The molecule has 2 aromatic rings. The van der Waals surface area contributed by atoms with E-state index >= 15 is 0 Å². The third kappa shape index (κ3) is 5.73. The minimum atomic E-state index is -0.580. The Hall–Kier alpha value is -2.02. The van der Waals surface area contributed by atoms with Gasteiger partial charge in [-0.2, -0.15) is 0 Å². The van der Waals surface area contributed by atoms with Crippen LogP contribution in [0.5, 0.6) is 5.75 Å². The van der Waals surface area contributed by atoms with E-state index in [0.717, 1.165) is 29.6 Å². The molecule has 0 aliphatic carbocycles. The number of amides is 1. The van der Waals surface area contributed by atoms with Gasteiger partial charge >= 0.3 is 6.09 Å². The second-order valence-corrected chi connectivity index (χ2v) is 6.43. The maximum atomic E-state index is 11.7. The van der Waals surface area contributed by atoms with Crippen molar-refractivity contribution in [3.8, 4) is 5.75 Å². The van der Waals surface area contributed by atoms with Crippen molar-refractivity contribution in [1.82, 2.24) is 9.80 Å². The van der Waals surface area contributed by atoms with Crippen LogP contribution in [0, 0.1) is 0 Å². The van der Waals surface area contributed by atoms with E-state index in [4.69, 9.17) is 9.47 Å². The average Bonchev–Trinajstić information content (AvgIpc) is 2.67. The van der Waals surface area contributed by atoms with Crippen LogP contribution >= 0.6 is 12.4 Å². The molecule has 148 valence electrons. The van der Waals surface area contributed by atoms with Crippen LogP contribution < -0.4 is 4.74 Å². The van der Waals surface area contributed by atoms with Crippen molar-refractivity contribution < 1.29 is 19.4 Å². The lowest BCUT2D eigenvalue weighted by atomic mass is 10.1. The number of carbonyl (C=O) groups excluding carboxylic acids is 1. The van der Waals surface area contributed by atoms with Crippen LogP contribution in [0.2, 0.25) is 0 Å². The topological polar surface area (TPSA) is 62.2 Å². The maximum Gasteiger partial charge on any atom is 0.409 e. The first-order chi connectivity index (χ1) is 12.7. The summed E-state index contributed by atoms with van der Waals surface area (Å²) in [6, 6.07) is 14.0. The highest BCUT2D eigenvalue weighted by molar-refractivity contribution is 5.88. The van der Waals surface area contributed by atoms with Crippen molar-refractivity contribution in [2.75, 3.05) is 45.9 Å². The van der Waals surface area contributed by atoms with Gasteiger partial charge in [-0.15, -0.1) is 12.4 Å². The number of nitrogens with zero attached hydrogens (tertiary/aromatic N) is 2. The summed E-state index contributed by atoms with van der Waals surface area (Å²) in [5.41, 5.74) is 0. The van der Waals surface area contributed by atoms with Crippen molar-refractivity contribution in [3.63, 3.8) is 0 Å². The zero-order valence-electron chi connectivity index (χ0n) is 15.5. The van der Waals surface area contributed by atoms with E-state index in [0.29, 0.717) is 26.2 Å². The van der Waals surface area contributed by atoms with Crippen LogP contribution in [0.1, 0.15) is 6.92 Å². The largest absolute Gasteiger partial charge is 0.490 e. The Balaban J connectivity index is 0.00000261. The van der Waals surface area contributed by atoms with Gasteiger partial charge < -0.3 is 19.5 Å². The minimum Gasteiger partial charge on any atom is -0.490 e. The van der Waals surface area contributed by atoms with Gasteiger partial charge in [-0.05, 0) is 18.4 Å². The molecule has 1 amide bonds. The first-order valence-electron chi connectivity index (χ1n) is 9.10. The summed E-state index contributed by atoms with van der Waals surface area (Å²) in [6.45, 7) is 5.66. The Morgan fingerprint density at radius 3 is 2.56 bits per heavy atom. The Bertz CT molecular complexity index is 729. The van der Waals surface area contributed by atoms with E-state index in [2.05, 4.69) is 4.90 Å². The van der Waals surface area contributed by atoms with Gasteiger partial charge in [0.1, 0.15) is 18.5 Å². The number of ether oxygens (including phenoxy) is 2. The molecule has 1 heterocycles. The van der Waals surface area contributed by atoms with Crippen molar-refractivity contribution >= 4 is 29.3 Å². The number of aliphatic hydroxyl groups is 1. The summed E-state index contributed by atoms with van der Waals surface area (Å²) in [5.74, 6) is 0.786. The standard InChI is InChI=1S/C20H26N2O4.ClH/c1-2-25-20(24)22-12-10-21(11-13-22)14-17(23)15-26-19-9-5-7-16-6-3-4-8-18(16)19;/h3-9,17,23H,2,10-15H2,1H3;1H. The summed E-state index contributed by atoms with van der Waals surface area (Å²) in [5, 5.41) is 12.5. The van der Waals surface area contributed by atoms with Crippen LogP contribution in [-0.2, 0) is 4.74 Å². The average molecular weight is 395 g/mol. The lowest BCUT2D eigenvalue weighted by Crippen LogP contribution is -2.51. The Kier molecular flexibility index (Phi) is 8.16. The Labute approximate surface area is 166 Å². The molecule has 2 aromatic carbocycles. The molecular formula is C20H27ClN2O4. The maximum absolute atomic E-state index is 11.7. The van der Waals surface area contributed by atoms with Gasteiger partial charge in [-0.1, -0.05) is 36.4 Å². The fourth-order valence-electron chi connectivity index (χ4n) is 3.19. The molecule has 1 saturated heterocycles. The van der Waals surface area contributed by atoms with Gasteiger partial charge in [-0.25, -0.2) is 4.79 Å². The van der Waals surface area contributed by atoms with Crippen molar-refractivity contribution in [2.24, 2.45) is 0 Å². The van der Waals surface area contributed by atoms with Gasteiger partial charge in [0.2, 0.25) is 0 Å². The molecule has 1 aliphatic rings. The van der Waals surface area contributed by atoms with Crippen molar-refractivity contribution in [1.29, 1.82) is 0 Å². The van der Waals surface area contributed by atoms with Crippen LogP contribution in [0.3, 0.4) is 0 Å². The van der Waals surface area contributed by atoms with Crippen molar-refractivity contribution in [3.05, 3.63) is 42.5 Å². The first-order valence-corrected chi connectivity index (χ1v) is 9.10. The lowest BCUT2D eigenvalue weighted by Gasteiger charge is -2.34. The second-order valence-electron chi connectivity index (χ2n) is 6.43. The van der Waals surface area contributed by atoms with E-state index in [1.54, 1.807) is 11.8 Å². The van der Waals surface area contributed by atoms with Crippen LogP contribution in [0.15, 0.2) is 42.5 Å². The van der Waals surface area contributed by atoms with E-state index in [1.807, 2.05) is 42.5 Å². The first kappa shape index (κ1) is 21.3. The third-order valence-corrected chi connectivity index (χ3v) is 4.55. The van der Waals surface area contributed by atoms with Crippen LogP contribution in [0.4, 0.5) is 4.79 Å². The van der Waals surface area contributed by atoms with Crippen molar-refractivity contribution in [2.45, 2.75) is 13.0 Å². The highest BCUT2D eigenvalue weighted by Crippen LogP contribution is 2.25. The number of rotatable bonds is 6. The molecule has 0 radical (unpaired) electrons. The summed E-state index contributed by atoms with van der Waals surface area (Å²) in [7, 11) is 0. The molecule has 1 aliphatic heterocycles. The predicted molar refractivity (Wildman–Crippen MR) is 108 cm³/mol. The third-order valence-electron chi connectivity index (χ3n) is 4.55. The predicted octanol–water partition coefficient (Wildman–Crippen LogP) is 2.78. The summed E-state index contributed by atoms with van der Waals surface area (Å²) < 4.78 is 10.9. The smallest absolute Gasteiger partial charge is 0.409 e. The molecule has 6 nitrogen and oxygen atoms in total. The summed E-state index contributed by atoms with van der Waals surface area (Å²) in [4.78, 5) is 15.6. The summed E-state index contributed by atoms with van der Waals surface area (Å²) >= 11 is 0.